The van der Waals surface area contributed by atoms with Crippen molar-refractivity contribution in [3.05, 3.63) is 89.9 Å². The lowest BCUT2D eigenvalue weighted by Crippen LogP contribution is -2.22. The van der Waals surface area contributed by atoms with Crippen LogP contribution in [0.5, 0.6) is 0 Å². The average Bonchev–Trinajstić information content (AvgIpc) is 3.44. The van der Waals surface area contributed by atoms with Crippen molar-refractivity contribution >= 4 is 5.91 Å². The highest BCUT2D eigenvalue weighted by molar-refractivity contribution is 5.94. The van der Waals surface area contributed by atoms with Gasteiger partial charge in [0.15, 0.2) is 5.69 Å². The van der Waals surface area contributed by atoms with Crippen LogP contribution in [0.15, 0.2) is 73.1 Å². The Balaban J connectivity index is 1.37. The Morgan fingerprint density at radius 2 is 1.73 bits per heavy atom. The van der Waals surface area contributed by atoms with Gasteiger partial charge in [-0.2, -0.15) is 23.4 Å². The zero-order valence-electron chi connectivity index (χ0n) is 15.5. The first-order valence-electron chi connectivity index (χ1n) is 9.00. The van der Waals surface area contributed by atoms with E-state index in [4.69, 9.17) is 0 Å². The minimum atomic E-state index is -4.50. The summed E-state index contributed by atoms with van der Waals surface area (Å²) in [7, 11) is 0. The fourth-order valence-corrected chi connectivity index (χ4v) is 2.89. The number of amides is 1. The van der Waals surface area contributed by atoms with E-state index >= 15 is 0 Å². The number of halogens is 3. The molecule has 0 aliphatic rings. The number of carbonyl (C=O) groups is 1. The molecule has 2 aromatic heterocycles. The van der Waals surface area contributed by atoms with Crippen LogP contribution in [0, 0.1) is 0 Å². The van der Waals surface area contributed by atoms with Crippen LogP contribution >= 0.6 is 0 Å². The lowest BCUT2D eigenvalue weighted by Gasteiger charge is -2.08. The Labute approximate surface area is 169 Å². The molecular formula is C21H16F3N5O. The zero-order valence-corrected chi connectivity index (χ0v) is 15.5. The van der Waals surface area contributed by atoms with E-state index in [0.29, 0.717) is 17.8 Å². The highest BCUT2D eigenvalue weighted by atomic mass is 19.4. The van der Waals surface area contributed by atoms with Crippen molar-refractivity contribution in [1.82, 2.24) is 25.3 Å². The highest BCUT2D eigenvalue weighted by Crippen LogP contribution is 2.27. The van der Waals surface area contributed by atoms with E-state index in [1.54, 1.807) is 30.5 Å². The number of aromatic nitrogens is 4. The molecular weight excluding hydrogens is 395 g/mol. The minimum Gasteiger partial charge on any atom is -0.348 e. The average molecular weight is 411 g/mol. The van der Waals surface area contributed by atoms with E-state index in [2.05, 4.69) is 20.6 Å². The molecule has 6 nitrogen and oxygen atoms in total. The molecule has 0 radical (unpaired) electrons. The van der Waals surface area contributed by atoms with Crippen molar-refractivity contribution in [2.75, 3.05) is 0 Å². The third kappa shape index (κ3) is 4.24. The molecule has 0 saturated carbocycles. The maximum Gasteiger partial charge on any atom is 0.435 e. The van der Waals surface area contributed by atoms with Gasteiger partial charge in [0.1, 0.15) is 0 Å². The maximum atomic E-state index is 12.7. The van der Waals surface area contributed by atoms with Crippen LogP contribution in [0.25, 0.3) is 16.9 Å². The van der Waals surface area contributed by atoms with Gasteiger partial charge < -0.3 is 5.32 Å². The Hall–Kier alpha value is -3.88. The number of rotatable bonds is 5. The maximum absolute atomic E-state index is 12.7. The van der Waals surface area contributed by atoms with Crippen molar-refractivity contribution in [2.24, 2.45) is 0 Å². The molecule has 4 aromatic rings. The smallest absolute Gasteiger partial charge is 0.348 e. The predicted molar refractivity (Wildman–Crippen MR) is 104 cm³/mol. The van der Waals surface area contributed by atoms with E-state index in [0.717, 1.165) is 27.6 Å². The van der Waals surface area contributed by atoms with Crippen LogP contribution in [0.2, 0.25) is 0 Å². The number of nitrogens with one attached hydrogen (secondary N) is 2. The molecule has 2 heterocycles. The van der Waals surface area contributed by atoms with Crippen LogP contribution in [0.3, 0.4) is 0 Å². The molecule has 0 atom stereocenters. The lowest BCUT2D eigenvalue weighted by molar-refractivity contribution is -0.141. The number of hydrogen-bond acceptors (Lipinski definition) is 3. The van der Waals surface area contributed by atoms with Crippen molar-refractivity contribution < 1.29 is 18.0 Å². The molecule has 9 heteroatoms. The largest absolute Gasteiger partial charge is 0.435 e. The Kier molecular flexibility index (Phi) is 5.09. The molecule has 4 rings (SSSR count). The van der Waals surface area contributed by atoms with Crippen molar-refractivity contribution in [3.8, 4) is 16.9 Å². The summed E-state index contributed by atoms with van der Waals surface area (Å²) in [5.41, 5.74) is 2.69. The van der Waals surface area contributed by atoms with Crippen LogP contribution in [0.1, 0.15) is 21.6 Å². The van der Waals surface area contributed by atoms with Crippen LogP contribution in [-0.4, -0.2) is 25.9 Å². The second-order valence-electron chi connectivity index (χ2n) is 6.54. The van der Waals surface area contributed by atoms with Crippen molar-refractivity contribution in [2.45, 2.75) is 12.7 Å². The number of carbonyl (C=O) groups excluding carboxylic acids is 1. The van der Waals surface area contributed by atoms with Gasteiger partial charge in [-0.3, -0.25) is 9.89 Å². The van der Waals surface area contributed by atoms with E-state index in [1.807, 2.05) is 30.3 Å². The van der Waals surface area contributed by atoms with E-state index < -0.39 is 11.9 Å². The summed E-state index contributed by atoms with van der Waals surface area (Å²) in [5.74, 6) is -0.282. The minimum absolute atomic E-state index is 0.282. The molecule has 0 spiro atoms. The fourth-order valence-electron chi connectivity index (χ4n) is 2.89. The summed E-state index contributed by atoms with van der Waals surface area (Å²) >= 11 is 0. The standard InChI is InChI=1S/C21H16F3N5O/c22-21(23,24)19-10-12-29(28-19)17-7-5-16(6-8-17)20(30)25-13-14-1-3-15(4-2-14)18-9-11-26-27-18/h1-12H,13H2,(H,25,30)(H,26,27). The molecule has 0 unspecified atom stereocenters. The second-order valence-corrected chi connectivity index (χ2v) is 6.54. The summed E-state index contributed by atoms with van der Waals surface area (Å²) in [4.78, 5) is 12.4. The third-order valence-electron chi connectivity index (χ3n) is 4.49. The van der Waals surface area contributed by atoms with Crippen LogP contribution < -0.4 is 5.32 Å². The molecule has 152 valence electrons. The van der Waals surface area contributed by atoms with E-state index in [9.17, 15) is 18.0 Å². The van der Waals surface area contributed by atoms with Crippen LogP contribution in [0.4, 0.5) is 13.2 Å². The third-order valence-corrected chi connectivity index (χ3v) is 4.49. The van der Waals surface area contributed by atoms with Gasteiger partial charge >= 0.3 is 6.18 Å². The summed E-state index contributed by atoms with van der Waals surface area (Å²) in [6.07, 6.45) is -1.59. The molecule has 0 bridgehead atoms. The summed E-state index contributed by atoms with van der Waals surface area (Å²) < 4.78 is 39.1. The Bertz CT molecular complexity index is 1130. The molecule has 30 heavy (non-hydrogen) atoms. The summed E-state index contributed by atoms with van der Waals surface area (Å²) in [6, 6.07) is 16.6. The first-order chi connectivity index (χ1) is 14.4. The number of aromatic amines is 1. The molecule has 2 aromatic carbocycles. The first kappa shape index (κ1) is 19.4. The topological polar surface area (TPSA) is 75.6 Å². The molecule has 0 aliphatic carbocycles. The Morgan fingerprint density at radius 3 is 2.33 bits per heavy atom. The Morgan fingerprint density at radius 1 is 1.00 bits per heavy atom. The van der Waals surface area contributed by atoms with Crippen molar-refractivity contribution in [1.29, 1.82) is 0 Å². The van der Waals surface area contributed by atoms with E-state index in [-0.39, 0.29) is 5.91 Å². The number of hydrogen-bond donors (Lipinski definition) is 2. The van der Waals surface area contributed by atoms with Gasteiger partial charge in [0, 0.05) is 24.5 Å². The highest BCUT2D eigenvalue weighted by Gasteiger charge is 2.33. The van der Waals surface area contributed by atoms with E-state index in [1.165, 1.54) is 6.20 Å². The number of benzene rings is 2. The predicted octanol–water partition coefficient (Wildman–Crippen LogP) is 4.21. The SMILES string of the molecule is O=C(NCc1ccc(-c2ccn[nH]2)cc1)c1ccc(-n2ccc(C(F)(F)F)n2)cc1. The molecule has 1 amide bonds. The monoisotopic (exact) mass is 411 g/mol. The number of nitrogens with zero attached hydrogens (tertiary/aromatic N) is 3. The number of alkyl halides is 3. The summed E-state index contributed by atoms with van der Waals surface area (Å²) in [5, 5.41) is 13.1. The molecule has 0 saturated heterocycles. The van der Waals surface area contributed by atoms with Gasteiger partial charge in [-0.1, -0.05) is 24.3 Å². The van der Waals surface area contributed by atoms with Gasteiger partial charge in [0.25, 0.3) is 5.91 Å². The molecule has 0 fully saturated rings. The zero-order chi connectivity index (χ0) is 21.1. The van der Waals surface area contributed by atoms with Gasteiger partial charge in [0.2, 0.25) is 0 Å². The first-order valence-corrected chi connectivity index (χ1v) is 9.00. The lowest BCUT2D eigenvalue weighted by atomic mass is 10.1. The van der Waals surface area contributed by atoms with Gasteiger partial charge in [-0.05, 0) is 47.5 Å². The van der Waals surface area contributed by atoms with Crippen LogP contribution in [-0.2, 0) is 12.7 Å². The summed E-state index contributed by atoms with van der Waals surface area (Å²) in [6.45, 7) is 0.345. The van der Waals surface area contributed by atoms with Gasteiger partial charge in [-0.25, -0.2) is 4.68 Å². The second kappa shape index (κ2) is 7.86. The molecule has 0 aliphatic heterocycles. The normalized spacial score (nSPS) is 11.4. The molecule has 2 N–H and O–H groups in total. The fraction of sp³-hybridized carbons (Fsp3) is 0.0952. The quantitative estimate of drug-likeness (QED) is 0.517. The van der Waals surface area contributed by atoms with Gasteiger partial charge in [0.05, 0.1) is 11.4 Å². The van der Waals surface area contributed by atoms with Gasteiger partial charge in [-0.15, -0.1) is 0 Å². The number of H-pyrrole nitrogens is 1. The van der Waals surface area contributed by atoms with Crippen molar-refractivity contribution in [3.63, 3.8) is 0 Å².